The van der Waals surface area contributed by atoms with E-state index < -0.39 is 11.9 Å². The van der Waals surface area contributed by atoms with Gasteiger partial charge in [0, 0.05) is 13.1 Å². The van der Waals surface area contributed by atoms with Crippen LogP contribution in [-0.4, -0.2) is 25.6 Å². The number of amides is 1. The van der Waals surface area contributed by atoms with Gasteiger partial charge >= 0.3 is 0 Å². The fraction of sp³-hybridized carbons (Fsp3) is 0.300. The molecule has 0 bridgehead atoms. The normalized spacial score (nSPS) is 20.6. The zero-order valence-electron chi connectivity index (χ0n) is 8.24. The van der Waals surface area contributed by atoms with Crippen LogP contribution < -0.4 is 15.4 Å². The first-order valence-electron chi connectivity index (χ1n) is 4.55. The maximum absolute atomic E-state index is 13.0. The molecular formula is C10H11FN2O2. The molecule has 4 nitrogen and oxygen atoms in total. The molecular weight excluding hydrogens is 199 g/mol. The molecule has 1 aliphatic rings. The Morgan fingerprint density at radius 1 is 1.60 bits per heavy atom. The third-order valence-electron chi connectivity index (χ3n) is 2.35. The van der Waals surface area contributed by atoms with E-state index in [1.165, 1.54) is 23.1 Å². The molecule has 0 radical (unpaired) electrons. The molecule has 15 heavy (non-hydrogen) atoms. The van der Waals surface area contributed by atoms with E-state index in [0.717, 1.165) is 0 Å². The summed E-state index contributed by atoms with van der Waals surface area (Å²) in [6, 6.07) is 3.33. The van der Waals surface area contributed by atoms with Gasteiger partial charge in [-0.2, -0.15) is 0 Å². The zero-order valence-corrected chi connectivity index (χ0v) is 8.24. The monoisotopic (exact) mass is 210 g/mol. The van der Waals surface area contributed by atoms with Crippen LogP contribution in [0.3, 0.4) is 0 Å². The first-order valence-corrected chi connectivity index (χ1v) is 4.55. The molecule has 80 valence electrons. The Morgan fingerprint density at radius 3 is 3.07 bits per heavy atom. The number of nitrogens with zero attached hydrogens (tertiary/aromatic N) is 1. The van der Waals surface area contributed by atoms with Crippen LogP contribution >= 0.6 is 0 Å². The number of carbonyl (C=O) groups is 1. The van der Waals surface area contributed by atoms with Crippen molar-refractivity contribution >= 4 is 11.6 Å². The predicted octanol–water partition coefficient (Wildman–Crippen LogP) is 0.508. The lowest BCUT2D eigenvalue weighted by Gasteiger charge is -2.17. The van der Waals surface area contributed by atoms with Crippen molar-refractivity contribution in [3.05, 3.63) is 24.0 Å². The van der Waals surface area contributed by atoms with Crippen molar-refractivity contribution in [2.45, 2.75) is 6.04 Å². The van der Waals surface area contributed by atoms with Crippen molar-refractivity contribution in [3.63, 3.8) is 0 Å². The third-order valence-corrected chi connectivity index (χ3v) is 2.35. The number of fused-ring (bicyclic) bond motifs is 1. The molecule has 1 aromatic carbocycles. The molecule has 1 amide bonds. The number of nitrogens with two attached hydrogens (primary N) is 1. The standard InChI is InChI=1S/C10H11FN2O2/c1-13-8-4-6(11)2-3-9(8)15-5-7(12)10(13)14/h2-4,7H,5,12H2,1H3. The van der Waals surface area contributed by atoms with Gasteiger partial charge in [0.15, 0.2) is 0 Å². The van der Waals surface area contributed by atoms with Gasteiger partial charge in [0.25, 0.3) is 0 Å². The minimum absolute atomic E-state index is 0.113. The maximum Gasteiger partial charge on any atom is 0.247 e. The van der Waals surface area contributed by atoms with Gasteiger partial charge in [0.05, 0.1) is 5.69 Å². The van der Waals surface area contributed by atoms with E-state index in [1.807, 2.05) is 0 Å². The molecule has 1 unspecified atom stereocenters. The molecule has 1 aromatic rings. The Balaban J connectivity index is 2.48. The molecule has 1 heterocycles. The maximum atomic E-state index is 13.0. The van der Waals surface area contributed by atoms with Gasteiger partial charge in [-0.05, 0) is 12.1 Å². The van der Waals surface area contributed by atoms with Gasteiger partial charge in [-0.3, -0.25) is 4.79 Å². The van der Waals surface area contributed by atoms with Gasteiger partial charge in [-0.15, -0.1) is 0 Å². The second-order valence-electron chi connectivity index (χ2n) is 3.43. The predicted molar refractivity (Wildman–Crippen MR) is 53.3 cm³/mol. The molecule has 0 saturated carbocycles. The van der Waals surface area contributed by atoms with E-state index in [0.29, 0.717) is 11.4 Å². The highest BCUT2D eigenvalue weighted by Gasteiger charge is 2.26. The number of ether oxygens (including phenoxy) is 1. The third kappa shape index (κ3) is 1.66. The van der Waals surface area contributed by atoms with E-state index >= 15 is 0 Å². The van der Waals surface area contributed by atoms with E-state index in [9.17, 15) is 9.18 Å². The average molecular weight is 210 g/mol. The molecule has 2 N–H and O–H groups in total. The lowest BCUT2D eigenvalue weighted by atomic mass is 10.2. The lowest BCUT2D eigenvalue weighted by Crippen LogP contribution is -2.43. The number of hydrogen-bond acceptors (Lipinski definition) is 3. The first kappa shape index (κ1) is 9.92. The number of halogens is 1. The molecule has 0 saturated heterocycles. The van der Waals surface area contributed by atoms with Crippen LogP contribution in [0.5, 0.6) is 5.75 Å². The van der Waals surface area contributed by atoms with Crippen LogP contribution in [0.15, 0.2) is 18.2 Å². The number of anilines is 1. The van der Waals surface area contributed by atoms with Crippen LogP contribution in [0, 0.1) is 5.82 Å². The summed E-state index contributed by atoms with van der Waals surface area (Å²) in [5.74, 6) is -0.216. The molecule has 1 aliphatic heterocycles. The molecule has 0 spiro atoms. The Bertz CT molecular complexity index is 408. The van der Waals surface area contributed by atoms with E-state index in [2.05, 4.69) is 0 Å². The highest BCUT2D eigenvalue weighted by atomic mass is 19.1. The first-order chi connectivity index (χ1) is 7.09. The van der Waals surface area contributed by atoms with Crippen LogP contribution in [0.1, 0.15) is 0 Å². The summed E-state index contributed by atoms with van der Waals surface area (Å²) in [6.45, 7) is 0.113. The van der Waals surface area contributed by atoms with E-state index in [-0.39, 0.29) is 12.5 Å². The SMILES string of the molecule is CN1C(=O)C(N)COc2ccc(F)cc21. The van der Waals surface area contributed by atoms with Gasteiger partial charge < -0.3 is 15.4 Å². The minimum atomic E-state index is -0.703. The van der Waals surface area contributed by atoms with Crippen molar-refractivity contribution in [3.8, 4) is 5.75 Å². The van der Waals surface area contributed by atoms with Crippen LogP contribution in [-0.2, 0) is 4.79 Å². The van der Waals surface area contributed by atoms with Crippen LogP contribution in [0.2, 0.25) is 0 Å². The zero-order chi connectivity index (χ0) is 11.0. The highest BCUT2D eigenvalue weighted by Crippen LogP contribution is 2.30. The summed E-state index contributed by atoms with van der Waals surface area (Å²) in [4.78, 5) is 12.9. The minimum Gasteiger partial charge on any atom is -0.489 e. The lowest BCUT2D eigenvalue weighted by molar-refractivity contribution is -0.119. The smallest absolute Gasteiger partial charge is 0.247 e. The number of likely N-dealkylation sites (N-methyl/N-ethyl adjacent to an activating group) is 1. The van der Waals surface area contributed by atoms with Crippen molar-refractivity contribution in [2.24, 2.45) is 5.73 Å². The summed E-state index contributed by atoms with van der Waals surface area (Å²) >= 11 is 0. The summed E-state index contributed by atoms with van der Waals surface area (Å²) in [6.07, 6.45) is 0. The van der Waals surface area contributed by atoms with Crippen molar-refractivity contribution in [1.82, 2.24) is 0 Å². The largest absolute Gasteiger partial charge is 0.489 e. The van der Waals surface area contributed by atoms with Gasteiger partial charge in [0.2, 0.25) is 5.91 Å². The van der Waals surface area contributed by atoms with Crippen molar-refractivity contribution in [1.29, 1.82) is 0 Å². The molecule has 0 aliphatic carbocycles. The van der Waals surface area contributed by atoms with Crippen molar-refractivity contribution < 1.29 is 13.9 Å². The van der Waals surface area contributed by atoms with Gasteiger partial charge in [-0.1, -0.05) is 0 Å². The van der Waals surface area contributed by atoms with E-state index in [4.69, 9.17) is 10.5 Å². The quantitative estimate of drug-likeness (QED) is 0.678. The highest BCUT2D eigenvalue weighted by molar-refractivity contribution is 5.98. The van der Waals surface area contributed by atoms with Crippen molar-refractivity contribution in [2.75, 3.05) is 18.6 Å². The fourth-order valence-corrected chi connectivity index (χ4v) is 1.49. The molecule has 1 atom stereocenters. The Labute approximate surface area is 86.4 Å². The number of hydrogen-bond donors (Lipinski definition) is 1. The summed E-state index contributed by atoms with van der Waals surface area (Å²) < 4.78 is 18.3. The summed E-state index contributed by atoms with van der Waals surface area (Å²) in [5.41, 5.74) is 5.99. The summed E-state index contributed by atoms with van der Waals surface area (Å²) in [7, 11) is 1.55. The number of carbonyl (C=O) groups excluding carboxylic acids is 1. The second-order valence-corrected chi connectivity index (χ2v) is 3.43. The Hall–Kier alpha value is -1.62. The van der Waals surface area contributed by atoms with Crippen LogP contribution in [0.4, 0.5) is 10.1 Å². The van der Waals surface area contributed by atoms with E-state index in [1.54, 1.807) is 7.05 Å². The van der Waals surface area contributed by atoms with Gasteiger partial charge in [-0.25, -0.2) is 4.39 Å². The molecule has 5 heteroatoms. The Kier molecular flexibility index (Phi) is 2.32. The van der Waals surface area contributed by atoms with Gasteiger partial charge in [0.1, 0.15) is 24.2 Å². The fourth-order valence-electron chi connectivity index (χ4n) is 1.49. The summed E-state index contributed by atoms with van der Waals surface area (Å²) in [5, 5.41) is 0. The van der Waals surface area contributed by atoms with Crippen LogP contribution in [0.25, 0.3) is 0 Å². The second kappa shape index (κ2) is 3.51. The molecule has 0 fully saturated rings. The molecule has 2 rings (SSSR count). The topological polar surface area (TPSA) is 55.6 Å². The Morgan fingerprint density at radius 2 is 2.33 bits per heavy atom. The number of benzene rings is 1. The molecule has 0 aromatic heterocycles. The number of rotatable bonds is 0. The average Bonchev–Trinajstić information content (AvgIpc) is 2.32.